The molecular weight excluding hydrogens is 524 g/mol. The quantitative estimate of drug-likeness (QED) is 0.0789. The summed E-state index contributed by atoms with van der Waals surface area (Å²) in [6.07, 6.45) is 6.47. The van der Waals surface area contributed by atoms with Crippen LogP contribution in [0.2, 0.25) is 18.1 Å². The summed E-state index contributed by atoms with van der Waals surface area (Å²) in [5, 5.41) is 0.0258. The molecule has 0 unspecified atom stereocenters. The summed E-state index contributed by atoms with van der Waals surface area (Å²) < 4.78 is 35.9. The van der Waals surface area contributed by atoms with E-state index < -0.39 is 20.3 Å². The first-order valence-electron chi connectivity index (χ1n) is 14.1. The fourth-order valence-corrected chi connectivity index (χ4v) is 5.43. The molecule has 0 aliphatic heterocycles. The smallest absolute Gasteiger partial charge is 0.191 e. The number of carbonyl (C=O) groups excluding carboxylic acids is 1. The van der Waals surface area contributed by atoms with Crippen molar-refractivity contribution in [1.82, 2.24) is 0 Å². The largest absolute Gasteiger partial charge is 0.493 e. The van der Waals surface area contributed by atoms with Crippen LogP contribution in [0.15, 0.2) is 42.0 Å². The lowest BCUT2D eigenvalue weighted by Gasteiger charge is -2.41. The molecule has 0 N–H and O–H groups in total. The van der Waals surface area contributed by atoms with Crippen LogP contribution in [0.3, 0.4) is 0 Å². The molecule has 1 rings (SSSR count). The predicted molar refractivity (Wildman–Crippen MR) is 164 cm³/mol. The number of aldehydes is 1. The summed E-state index contributed by atoms with van der Waals surface area (Å²) >= 11 is 0. The van der Waals surface area contributed by atoms with Crippen molar-refractivity contribution in [2.75, 3.05) is 34.7 Å². The SMILES string of the molecule is C/C=C\[C@H](C)/C=C(\C)[C@@H](OCOC)[C@@H](CO[Si](C)(C)C(C)(C)C)[C@@H](OCc1ccc(OC)c(OC)c1)[C@H](C)C=O. The summed E-state index contributed by atoms with van der Waals surface area (Å²) in [4.78, 5) is 12.2. The molecule has 7 nitrogen and oxygen atoms in total. The van der Waals surface area contributed by atoms with E-state index in [-0.39, 0.29) is 36.4 Å². The predicted octanol–water partition coefficient (Wildman–Crippen LogP) is 7.21. The van der Waals surface area contributed by atoms with Crippen LogP contribution in [0.4, 0.5) is 0 Å². The molecule has 0 heterocycles. The van der Waals surface area contributed by atoms with Crippen LogP contribution in [-0.4, -0.2) is 61.5 Å². The zero-order valence-corrected chi connectivity index (χ0v) is 27.9. The molecule has 1 aromatic carbocycles. The van der Waals surface area contributed by atoms with Gasteiger partial charge in [0.25, 0.3) is 0 Å². The van der Waals surface area contributed by atoms with E-state index in [2.05, 4.69) is 59.9 Å². The zero-order chi connectivity index (χ0) is 30.5. The first kappa shape index (κ1) is 36.1. The molecule has 0 radical (unpaired) electrons. The minimum Gasteiger partial charge on any atom is -0.493 e. The standard InChI is InChI=1S/C32H54O7Si/c1-13-14-23(2)17-24(3)30(38-22-34-8)27(21-39-40(11,12)32(5,6)7)31(25(4)19-33)37-20-26-15-16-28(35-9)29(18-26)36-10/h13-19,23,25,27,30-31H,20-22H2,1-12H3/b14-13-,24-17+/t23-,25+,27+,30+,31-/m0/s1. The van der Waals surface area contributed by atoms with Gasteiger partial charge in [0.05, 0.1) is 33.0 Å². The maximum absolute atomic E-state index is 12.2. The second kappa shape index (κ2) is 17.1. The highest BCUT2D eigenvalue weighted by Crippen LogP contribution is 2.38. The van der Waals surface area contributed by atoms with E-state index in [4.69, 9.17) is 28.1 Å². The summed E-state index contributed by atoms with van der Waals surface area (Å²) in [6, 6.07) is 5.69. The molecule has 0 aliphatic carbocycles. The Morgan fingerprint density at radius 1 is 1.02 bits per heavy atom. The lowest BCUT2D eigenvalue weighted by molar-refractivity contribution is -0.136. The number of ether oxygens (including phenoxy) is 5. The third-order valence-corrected chi connectivity index (χ3v) is 12.2. The van der Waals surface area contributed by atoms with Crippen LogP contribution in [0.1, 0.15) is 54.0 Å². The molecule has 0 bridgehead atoms. The molecule has 0 saturated carbocycles. The van der Waals surface area contributed by atoms with Crippen molar-refractivity contribution in [3.05, 3.63) is 47.6 Å². The average Bonchev–Trinajstić information content (AvgIpc) is 2.90. The van der Waals surface area contributed by atoms with E-state index in [1.54, 1.807) is 21.3 Å². The maximum atomic E-state index is 12.2. The number of hydrogen-bond donors (Lipinski definition) is 0. The van der Waals surface area contributed by atoms with Crippen LogP contribution in [0.25, 0.3) is 0 Å². The van der Waals surface area contributed by atoms with Gasteiger partial charge < -0.3 is 32.9 Å². The number of benzene rings is 1. The molecule has 8 heteroatoms. The monoisotopic (exact) mass is 578 g/mol. The summed E-state index contributed by atoms with van der Waals surface area (Å²) in [5.74, 6) is 0.824. The van der Waals surface area contributed by atoms with E-state index >= 15 is 0 Å². The average molecular weight is 579 g/mol. The topological polar surface area (TPSA) is 72.5 Å². The van der Waals surface area contributed by atoms with Crippen LogP contribution in [0, 0.1) is 17.8 Å². The fraction of sp³-hybridized carbons (Fsp3) is 0.656. The normalized spacial score (nSPS) is 16.9. The highest BCUT2D eigenvalue weighted by atomic mass is 28.4. The van der Waals surface area contributed by atoms with E-state index in [0.717, 1.165) is 17.4 Å². The van der Waals surface area contributed by atoms with E-state index in [1.807, 2.05) is 38.1 Å². The van der Waals surface area contributed by atoms with Crippen LogP contribution < -0.4 is 9.47 Å². The van der Waals surface area contributed by atoms with Gasteiger partial charge in [0.2, 0.25) is 0 Å². The first-order valence-corrected chi connectivity index (χ1v) is 17.0. The third kappa shape index (κ3) is 10.8. The Kier molecular flexibility index (Phi) is 15.4. The molecule has 40 heavy (non-hydrogen) atoms. The molecule has 0 fully saturated rings. The van der Waals surface area contributed by atoms with Crippen LogP contribution in [0.5, 0.6) is 11.5 Å². The van der Waals surface area contributed by atoms with Gasteiger partial charge in [0.15, 0.2) is 19.8 Å². The van der Waals surface area contributed by atoms with Crippen molar-refractivity contribution in [3.8, 4) is 11.5 Å². The Labute approximate surface area is 244 Å². The summed E-state index contributed by atoms with van der Waals surface area (Å²) in [6.45, 7) is 20.0. The zero-order valence-electron chi connectivity index (χ0n) is 26.9. The Morgan fingerprint density at radius 2 is 1.68 bits per heavy atom. The molecule has 0 amide bonds. The summed E-state index contributed by atoms with van der Waals surface area (Å²) in [7, 11) is 2.71. The van der Waals surface area contributed by atoms with Crippen molar-refractivity contribution in [3.63, 3.8) is 0 Å². The number of rotatable bonds is 18. The van der Waals surface area contributed by atoms with Crippen molar-refractivity contribution in [2.45, 2.75) is 85.4 Å². The second-order valence-corrected chi connectivity index (χ2v) is 16.8. The van der Waals surface area contributed by atoms with Crippen LogP contribution in [-0.2, 0) is 30.0 Å². The van der Waals surface area contributed by atoms with E-state index in [0.29, 0.717) is 18.1 Å². The van der Waals surface area contributed by atoms with Gasteiger partial charge in [-0.1, -0.05) is 58.9 Å². The molecule has 0 saturated heterocycles. The Hall–Kier alpha value is -1.97. The number of carbonyl (C=O) groups is 1. The van der Waals surface area contributed by atoms with Gasteiger partial charge in [-0.2, -0.15) is 0 Å². The molecular formula is C32H54O7Si. The Bertz CT molecular complexity index is 951. The molecule has 0 aromatic heterocycles. The second-order valence-electron chi connectivity index (χ2n) is 12.0. The van der Waals surface area contributed by atoms with Gasteiger partial charge >= 0.3 is 0 Å². The van der Waals surface area contributed by atoms with E-state index in [1.165, 1.54) is 0 Å². The van der Waals surface area contributed by atoms with Crippen molar-refractivity contribution in [2.24, 2.45) is 17.8 Å². The Balaban J connectivity index is 3.55. The minimum absolute atomic E-state index is 0.0258. The summed E-state index contributed by atoms with van der Waals surface area (Å²) in [5.41, 5.74) is 1.96. The Morgan fingerprint density at radius 3 is 2.20 bits per heavy atom. The molecule has 5 atom stereocenters. The lowest BCUT2D eigenvalue weighted by atomic mass is 9.85. The van der Waals surface area contributed by atoms with Gasteiger partial charge in [0.1, 0.15) is 13.1 Å². The highest BCUT2D eigenvalue weighted by Gasteiger charge is 2.41. The van der Waals surface area contributed by atoms with Crippen molar-refractivity contribution in [1.29, 1.82) is 0 Å². The highest BCUT2D eigenvalue weighted by molar-refractivity contribution is 6.74. The lowest BCUT2D eigenvalue weighted by Crippen LogP contribution is -2.48. The molecule has 0 spiro atoms. The third-order valence-electron chi connectivity index (χ3n) is 7.71. The molecule has 228 valence electrons. The van der Waals surface area contributed by atoms with Gasteiger partial charge in [-0.3, -0.25) is 0 Å². The maximum Gasteiger partial charge on any atom is 0.191 e. The minimum atomic E-state index is -2.12. The molecule has 1 aromatic rings. The van der Waals surface area contributed by atoms with Crippen molar-refractivity contribution >= 4 is 14.6 Å². The number of hydrogen-bond acceptors (Lipinski definition) is 7. The first-order chi connectivity index (χ1) is 18.8. The van der Waals surface area contributed by atoms with Gasteiger partial charge in [0, 0.05) is 25.6 Å². The fourth-order valence-electron chi connectivity index (χ4n) is 4.38. The van der Waals surface area contributed by atoms with Gasteiger partial charge in [-0.15, -0.1) is 0 Å². The van der Waals surface area contributed by atoms with Gasteiger partial charge in [-0.05, 0) is 61.2 Å². The molecule has 0 aliphatic rings. The number of allylic oxidation sites excluding steroid dienone is 3. The van der Waals surface area contributed by atoms with Crippen molar-refractivity contribution < 1.29 is 32.9 Å². The number of methoxy groups -OCH3 is 3. The van der Waals surface area contributed by atoms with E-state index in [9.17, 15) is 4.79 Å². The van der Waals surface area contributed by atoms with Crippen LogP contribution >= 0.6 is 0 Å². The van der Waals surface area contributed by atoms with Gasteiger partial charge in [-0.25, -0.2) is 0 Å².